The number of aromatic nitrogens is 2. The van der Waals surface area contributed by atoms with Crippen LogP contribution in [0.1, 0.15) is 21.7 Å². The van der Waals surface area contributed by atoms with E-state index in [1.165, 1.54) is 4.90 Å². The lowest BCUT2D eigenvalue weighted by molar-refractivity contribution is -0.115. The van der Waals surface area contributed by atoms with Gasteiger partial charge in [-0.3, -0.25) is 19.6 Å². The highest BCUT2D eigenvalue weighted by molar-refractivity contribution is 6.15. The summed E-state index contributed by atoms with van der Waals surface area (Å²) >= 11 is 0. The molecule has 0 bridgehead atoms. The van der Waals surface area contributed by atoms with E-state index in [2.05, 4.69) is 15.5 Å². The van der Waals surface area contributed by atoms with Crippen LogP contribution in [0.25, 0.3) is 0 Å². The first kappa shape index (κ1) is 12.4. The lowest BCUT2D eigenvalue weighted by Crippen LogP contribution is -2.42. The van der Waals surface area contributed by atoms with Gasteiger partial charge >= 0.3 is 0 Å². The summed E-state index contributed by atoms with van der Waals surface area (Å²) in [5, 5.41) is 9.59. The van der Waals surface area contributed by atoms with Crippen molar-refractivity contribution in [3.05, 3.63) is 41.2 Å². The van der Waals surface area contributed by atoms with Crippen LogP contribution < -0.4 is 10.2 Å². The van der Waals surface area contributed by atoms with E-state index in [4.69, 9.17) is 0 Å². The second-order valence-corrected chi connectivity index (χ2v) is 4.77. The monoisotopic (exact) mass is 270 g/mol. The molecule has 0 fully saturated rings. The van der Waals surface area contributed by atoms with Gasteiger partial charge in [0, 0.05) is 5.69 Å². The molecule has 0 saturated heterocycles. The number of hydrogen-bond donors (Lipinski definition) is 2. The van der Waals surface area contributed by atoms with Gasteiger partial charge in [-0.25, -0.2) is 0 Å². The summed E-state index contributed by atoms with van der Waals surface area (Å²) < 4.78 is 0. The third-order valence-corrected chi connectivity index (χ3v) is 3.36. The predicted molar refractivity (Wildman–Crippen MR) is 74.8 cm³/mol. The third kappa shape index (κ3) is 1.85. The van der Waals surface area contributed by atoms with Crippen LogP contribution in [0.4, 0.5) is 11.4 Å². The standard InChI is InChI=1S/C14H14N4O2/c1-8-13(9(2)17-16-8)14(20)18-7-12(19)15-10-5-3-4-6-11(10)18/h3-6H,7H2,1-2H3,(H,15,19)(H,16,17). The van der Waals surface area contributed by atoms with E-state index in [0.29, 0.717) is 28.3 Å². The highest BCUT2D eigenvalue weighted by atomic mass is 16.2. The number of para-hydroxylation sites is 2. The van der Waals surface area contributed by atoms with E-state index in [9.17, 15) is 9.59 Å². The smallest absolute Gasteiger partial charge is 0.262 e. The van der Waals surface area contributed by atoms with E-state index in [0.717, 1.165) is 0 Å². The first-order chi connectivity index (χ1) is 9.58. The summed E-state index contributed by atoms with van der Waals surface area (Å²) in [5.41, 5.74) is 3.22. The molecule has 0 radical (unpaired) electrons. The fraction of sp³-hybridized carbons (Fsp3) is 0.214. The molecule has 1 aliphatic rings. The summed E-state index contributed by atoms with van der Waals surface area (Å²) in [5.74, 6) is -0.410. The van der Waals surface area contributed by atoms with Crippen LogP contribution in [0.15, 0.2) is 24.3 Å². The Kier molecular flexibility index (Phi) is 2.78. The Hall–Kier alpha value is -2.63. The van der Waals surface area contributed by atoms with Crippen LogP contribution in [0, 0.1) is 13.8 Å². The number of H-pyrrole nitrogens is 1. The molecule has 6 heteroatoms. The third-order valence-electron chi connectivity index (χ3n) is 3.36. The molecule has 0 unspecified atom stereocenters. The van der Waals surface area contributed by atoms with Crippen LogP contribution in [-0.2, 0) is 4.79 Å². The van der Waals surface area contributed by atoms with Gasteiger partial charge in [0.25, 0.3) is 5.91 Å². The van der Waals surface area contributed by atoms with Gasteiger partial charge in [0.05, 0.1) is 22.6 Å². The minimum absolute atomic E-state index is 0.0138. The van der Waals surface area contributed by atoms with Gasteiger partial charge < -0.3 is 5.32 Å². The number of aromatic amines is 1. The molecule has 2 heterocycles. The summed E-state index contributed by atoms with van der Waals surface area (Å²) in [4.78, 5) is 25.9. The molecule has 0 aliphatic carbocycles. The second-order valence-electron chi connectivity index (χ2n) is 4.77. The molecule has 1 aromatic carbocycles. The molecule has 6 nitrogen and oxygen atoms in total. The van der Waals surface area contributed by atoms with Gasteiger partial charge in [0.15, 0.2) is 0 Å². The number of hydrogen-bond acceptors (Lipinski definition) is 3. The predicted octanol–water partition coefficient (Wildman–Crippen LogP) is 1.63. The van der Waals surface area contributed by atoms with Crippen molar-refractivity contribution in [3.8, 4) is 0 Å². The summed E-state index contributed by atoms with van der Waals surface area (Å²) in [6, 6.07) is 7.26. The molecular formula is C14H14N4O2. The molecule has 0 spiro atoms. The van der Waals surface area contributed by atoms with Gasteiger partial charge in [0.1, 0.15) is 6.54 Å². The Morgan fingerprint density at radius 1 is 1.30 bits per heavy atom. The summed E-state index contributed by atoms with van der Waals surface area (Å²) in [6.45, 7) is 3.58. The van der Waals surface area contributed by atoms with Crippen molar-refractivity contribution >= 4 is 23.2 Å². The molecule has 102 valence electrons. The van der Waals surface area contributed by atoms with Crippen molar-refractivity contribution in [1.82, 2.24) is 10.2 Å². The maximum atomic E-state index is 12.7. The Morgan fingerprint density at radius 3 is 2.75 bits per heavy atom. The molecule has 2 amide bonds. The number of nitrogens with zero attached hydrogens (tertiary/aromatic N) is 2. The van der Waals surface area contributed by atoms with Crippen LogP contribution >= 0.6 is 0 Å². The molecular weight excluding hydrogens is 256 g/mol. The fourth-order valence-corrected chi connectivity index (χ4v) is 2.42. The normalized spacial score (nSPS) is 13.9. The first-order valence-electron chi connectivity index (χ1n) is 6.30. The lowest BCUT2D eigenvalue weighted by atomic mass is 10.1. The van der Waals surface area contributed by atoms with Crippen LogP contribution in [0.5, 0.6) is 0 Å². The molecule has 0 saturated carbocycles. The van der Waals surface area contributed by atoms with Crippen molar-refractivity contribution < 1.29 is 9.59 Å². The fourth-order valence-electron chi connectivity index (χ4n) is 2.42. The Morgan fingerprint density at radius 2 is 2.05 bits per heavy atom. The average Bonchev–Trinajstić information content (AvgIpc) is 2.76. The van der Waals surface area contributed by atoms with Crippen molar-refractivity contribution in [1.29, 1.82) is 0 Å². The van der Waals surface area contributed by atoms with Gasteiger partial charge in [-0.15, -0.1) is 0 Å². The highest BCUT2D eigenvalue weighted by Crippen LogP contribution is 2.30. The number of rotatable bonds is 1. The van der Waals surface area contributed by atoms with E-state index in [1.54, 1.807) is 19.9 Å². The Labute approximate surface area is 115 Å². The van der Waals surface area contributed by atoms with E-state index in [-0.39, 0.29) is 18.4 Å². The Balaban J connectivity index is 2.07. The molecule has 0 atom stereocenters. The van der Waals surface area contributed by atoms with Crippen molar-refractivity contribution in [2.24, 2.45) is 0 Å². The number of amides is 2. The highest BCUT2D eigenvalue weighted by Gasteiger charge is 2.29. The quantitative estimate of drug-likeness (QED) is 0.826. The number of anilines is 2. The van der Waals surface area contributed by atoms with Crippen LogP contribution in [0.3, 0.4) is 0 Å². The van der Waals surface area contributed by atoms with Crippen LogP contribution in [-0.4, -0.2) is 28.6 Å². The lowest BCUT2D eigenvalue weighted by Gasteiger charge is -2.29. The number of aryl methyl sites for hydroxylation is 2. The molecule has 1 aromatic heterocycles. The van der Waals surface area contributed by atoms with E-state index < -0.39 is 0 Å². The minimum Gasteiger partial charge on any atom is -0.323 e. The molecule has 3 rings (SSSR count). The summed E-state index contributed by atoms with van der Waals surface area (Å²) in [7, 11) is 0. The van der Waals surface area contributed by atoms with E-state index >= 15 is 0 Å². The van der Waals surface area contributed by atoms with Gasteiger partial charge in [0.2, 0.25) is 5.91 Å². The maximum Gasteiger partial charge on any atom is 0.262 e. The Bertz CT molecular complexity index is 685. The minimum atomic E-state index is -0.212. The summed E-state index contributed by atoms with van der Waals surface area (Å²) in [6.07, 6.45) is 0. The average molecular weight is 270 g/mol. The molecule has 20 heavy (non-hydrogen) atoms. The zero-order valence-electron chi connectivity index (χ0n) is 11.2. The second kappa shape index (κ2) is 4.48. The number of fused-ring (bicyclic) bond motifs is 1. The molecule has 2 N–H and O–H groups in total. The van der Waals surface area contributed by atoms with Crippen molar-refractivity contribution in [2.75, 3.05) is 16.8 Å². The first-order valence-corrected chi connectivity index (χ1v) is 6.30. The maximum absolute atomic E-state index is 12.7. The number of benzene rings is 1. The van der Waals surface area contributed by atoms with Gasteiger partial charge in [-0.2, -0.15) is 5.10 Å². The van der Waals surface area contributed by atoms with Crippen LogP contribution in [0.2, 0.25) is 0 Å². The number of carbonyl (C=O) groups excluding carboxylic acids is 2. The molecule has 1 aliphatic heterocycles. The largest absolute Gasteiger partial charge is 0.323 e. The SMILES string of the molecule is Cc1n[nH]c(C)c1C(=O)N1CC(=O)Nc2ccccc21. The van der Waals surface area contributed by atoms with Crippen molar-refractivity contribution in [3.63, 3.8) is 0 Å². The zero-order chi connectivity index (χ0) is 14.3. The molecule has 2 aromatic rings. The van der Waals surface area contributed by atoms with Crippen molar-refractivity contribution in [2.45, 2.75) is 13.8 Å². The number of nitrogens with one attached hydrogen (secondary N) is 2. The zero-order valence-corrected chi connectivity index (χ0v) is 11.2. The number of carbonyl (C=O) groups is 2. The van der Waals surface area contributed by atoms with Gasteiger partial charge in [-0.1, -0.05) is 12.1 Å². The van der Waals surface area contributed by atoms with Gasteiger partial charge in [-0.05, 0) is 26.0 Å². The van der Waals surface area contributed by atoms with E-state index in [1.807, 2.05) is 18.2 Å². The topological polar surface area (TPSA) is 78.1 Å².